The van der Waals surface area contributed by atoms with Crippen molar-refractivity contribution in [3.8, 4) is 0 Å². The summed E-state index contributed by atoms with van der Waals surface area (Å²) in [6.07, 6.45) is 0. The number of carbonyl (C=O) groups excluding carboxylic acids is 2. The number of benzene rings is 1. The maximum atomic E-state index is 13.0. The van der Waals surface area contributed by atoms with Crippen molar-refractivity contribution in [2.24, 2.45) is 0 Å². The molecule has 0 fully saturated rings. The predicted octanol–water partition coefficient (Wildman–Crippen LogP) is 3.41. The molecule has 0 aliphatic rings. The molecule has 0 aliphatic carbocycles. The van der Waals surface area contributed by atoms with Crippen LogP contribution in [-0.2, 0) is 26.0 Å². The van der Waals surface area contributed by atoms with E-state index in [9.17, 15) is 18.0 Å². The Morgan fingerprint density at radius 3 is 2.21 bits per heavy atom. The number of amides is 2. The smallest absolute Gasteiger partial charge is 0.309 e. The third kappa shape index (κ3) is 5.45. The van der Waals surface area contributed by atoms with Crippen molar-refractivity contribution >= 4 is 55.9 Å². The van der Waals surface area contributed by atoms with Crippen molar-refractivity contribution in [3.05, 3.63) is 74.8 Å². The van der Waals surface area contributed by atoms with Gasteiger partial charge in [0, 0.05) is 23.0 Å². The number of thiophene rings is 2. The zero-order chi connectivity index (χ0) is 20.9. The monoisotopic (exact) mass is 468 g/mol. The molecule has 0 radical (unpaired) electrons. The summed E-state index contributed by atoms with van der Waals surface area (Å²) in [4.78, 5) is 24.8. The number of carbonyl (C=O) groups is 2. The standard InChI is InChI=1S/C19H17ClN2O4S3/c20-14-7-5-13(6-8-14)11-21-18(23)19(24)22-12-16(15-3-1-9-27-15)29(25,26)17-4-2-10-28-17/h1-10,16H,11-12H2,(H,21,23)(H,22,24). The van der Waals surface area contributed by atoms with Gasteiger partial charge in [-0.1, -0.05) is 35.9 Å². The molecule has 0 aliphatic heterocycles. The Bertz CT molecular complexity index is 1060. The summed E-state index contributed by atoms with van der Waals surface area (Å²) in [6, 6.07) is 13.5. The van der Waals surface area contributed by atoms with Gasteiger partial charge in [-0.25, -0.2) is 8.42 Å². The van der Waals surface area contributed by atoms with E-state index in [1.54, 1.807) is 53.2 Å². The summed E-state index contributed by atoms with van der Waals surface area (Å²) in [5.41, 5.74) is 0.785. The molecule has 1 atom stereocenters. The third-order valence-corrected chi connectivity index (χ3v) is 8.93. The van der Waals surface area contributed by atoms with Gasteiger partial charge in [-0.3, -0.25) is 9.59 Å². The first-order valence-corrected chi connectivity index (χ1v) is 12.2. The molecule has 2 amide bonds. The molecule has 10 heteroatoms. The van der Waals surface area contributed by atoms with Crippen LogP contribution in [0.1, 0.15) is 15.7 Å². The van der Waals surface area contributed by atoms with E-state index in [2.05, 4.69) is 10.6 Å². The van der Waals surface area contributed by atoms with Gasteiger partial charge in [0.05, 0.1) is 0 Å². The van der Waals surface area contributed by atoms with Gasteiger partial charge in [0.15, 0.2) is 9.84 Å². The summed E-state index contributed by atoms with van der Waals surface area (Å²) in [5, 5.41) is 8.01. The summed E-state index contributed by atoms with van der Waals surface area (Å²) < 4.78 is 26.2. The second-order valence-electron chi connectivity index (χ2n) is 6.00. The number of hydrogen-bond acceptors (Lipinski definition) is 6. The Balaban J connectivity index is 1.64. The van der Waals surface area contributed by atoms with Gasteiger partial charge in [0.1, 0.15) is 9.46 Å². The summed E-state index contributed by atoms with van der Waals surface area (Å²) in [7, 11) is -3.69. The molecule has 3 rings (SSSR count). The average molecular weight is 469 g/mol. The topological polar surface area (TPSA) is 92.3 Å². The lowest BCUT2D eigenvalue weighted by Gasteiger charge is -2.16. The van der Waals surface area contributed by atoms with Crippen LogP contribution in [0, 0.1) is 0 Å². The van der Waals surface area contributed by atoms with E-state index in [0.29, 0.717) is 9.90 Å². The predicted molar refractivity (Wildman–Crippen MR) is 115 cm³/mol. The fraction of sp³-hybridized carbons (Fsp3) is 0.158. The van der Waals surface area contributed by atoms with Crippen molar-refractivity contribution in [3.63, 3.8) is 0 Å². The van der Waals surface area contributed by atoms with E-state index in [0.717, 1.165) is 16.9 Å². The van der Waals surface area contributed by atoms with E-state index >= 15 is 0 Å². The molecule has 0 spiro atoms. The van der Waals surface area contributed by atoms with Crippen LogP contribution in [0.5, 0.6) is 0 Å². The van der Waals surface area contributed by atoms with Gasteiger partial charge >= 0.3 is 11.8 Å². The Kier molecular flexibility index (Phi) is 7.07. The quantitative estimate of drug-likeness (QED) is 0.520. The highest BCUT2D eigenvalue weighted by atomic mass is 35.5. The van der Waals surface area contributed by atoms with Gasteiger partial charge in [0.2, 0.25) is 0 Å². The molecule has 2 heterocycles. The van der Waals surface area contributed by atoms with Crippen LogP contribution in [0.15, 0.2) is 63.5 Å². The van der Waals surface area contributed by atoms with Crippen molar-refractivity contribution in [2.75, 3.05) is 6.54 Å². The molecule has 2 aromatic heterocycles. The zero-order valence-corrected chi connectivity index (χ0v) is 18.2. The minimum absolute atomic E-state index is 0.158. The van der Waals surface area contributed by atoms with Crippen LogP contribution in [0.2, 0.25) is 5.02 Å². The third-order valence-electron chi connectivity index (χ3n) is 4.03. The van der Waals surface area contributed by atoms with Crippen LogP contribution in [0.4, 0.5) is 0 Å². The van der Waals surface area contributed by atoms with E-state index < -0.39 is 26.9 Å². The molecule has 0 saturated heterocycles. The second-order valence-corrected chi connectivity index (χ2v) is 10.7. The van der Waals surface area contributed by atoms with Crippen LogP contribution < -0.4 is 10.6 Å². The summed E-state index contributed by atoms with van der Waals surface area (Å²) in [5.74, 6) is -1.72. The normalized spacial score (nSPS) is 12.3. The highest BCUT2D eigenvalue weighted by Crippen LogP contribution is 2.33. The molecule has 0 saturated carbocycles. The largest absolute Gasteiger partial charge is 0.346 e. The minimum Gasteiger partial charge on any atom is -0.346 e. The molecular weight excluding hydrogens is 452 g/mol. The number of hydrogen-bond donors (Lipinski definition) is 2. The van der Waals surface area contributed by atoms with Gasteiger partial charge < -0.3 is 10.6 Å². The lowest BCUT2D eigenvalue weighted by Crippen LogP contribution is -2.41. The van der Waals surface area contributed by atoms with Crippen LogP contribution in [-0.4, -0.2) is 26.8 Å². The maximum absolute atomic E-state index is 13.0. The average Bonchev–Trinajstić information content (AvgIpc) is 3.41. The molecule has 29 heavy (non-hydrogen) atoms. The molecule has 2 N–H and O–H groups in total. The van der Waals surface area contributed by atoms with Crippen LogP contribution >= 0.6 is 34.3 Å². The van der Waals surface area contributed by atoms with E-state index in [4.69, 9.17) is 11.6 Å². The minimum atomic E-state index is -3.69. The van der Waals surface area contributed by atoms with Crippen molar-refractivity contribution in [1.29, 1.82) is 0 Å². The first kappa shape index (κ1) is 21.5. The SMILES string of the molecule is O=C(NCc1ccc(Cl)cc1)C(=O)NCC(c1cccs1)S(=O)(=O)c1cccs1. The summed E-state index contributed by atoms with van der Waals surface area (Å²) in [6.45, 7) is -0.0424. The second kappa shape index (κ2) is 9.53. The van der Waals surface area contributed by atoms with Crippen molar-refractivity contribution < 1.29 is 18.0 Å². The van der Waals surface area contributed by atoms with Crippen molar-refractivity contribution in [1.82, 2.24) is 10.6 Å². The number of sulfone groups is 1. The summed E-state index contributed by atoms with van der Waals surface area (Å²) >= 11 is 8.22. The first-order valence-electron chi connectivity index (χ1n) is 8.49. The lowest BCUT2D eigenvalue weighted by atomic mass is 10.2. The van der Waals surface area contributed by atoms with E-state index in [1.165, 1.54) is 17.4 Å². The highest BCUT2D eigenvalue weighted by molar-refractivity contribution is 7.93. The Hall–Kier alpha value is -2.20. The Morgan fingerprint density at radius 2 is 1.59 bits per heavy atom. The number of rotatable bonds is 7. The maximum Gasteiger partial charge on any atom is 0.309 e. The molecule has 152 valence electrons. The van der Waals surface area contributed by atoms with Crippen molar-refractivity contribution in [2.45, 2.75) is 16.0 Å². The number of halogens is 1. The van der Waals surface area contributed by atoms with E-state index in [-0.39, 0.29) is 17.3 Å². The molecule has 0 bridgehead atoms. The highest BCUT2D eigenvalue weighted by Gasteiger charge is 2.31. The molecule has 6 nitrogen and oxygen atoms in total. The molecule has 1 unspecified atom stereocenters. The fourth-order valence-electron chi connectivity index (χ4n) is 2.53. The van der Waals surface area contributed by atoms with Gasteiger partial charge in [-0.15, -0.1) is 22.7 Å². The Morgan fingerprint density at radius 1 is 0.931 bits per heavy atom. The van der Waals surface area contributed by atoms with Crippen LogP contribution in [0.25, 0.3) is 0 Å². The van der Waals surface area contributed by atoms with E-state index in [1.807, 2.05) is 0 Å². The van der Waals surface area contributed by atoms with Gasteiger partial charge in [-0.05, 0) is 40.6 Å². The molecular formula is C19H17ClN2O4S3. The molecule has 1 aromatic carbocycles. The number of nitrogens with one attached hydrogen (secondary N) is 2. The molecule has 3 aromatic rings. The zero-order valence-electron chi connectivity index (χ0n) is 15.0. The first-order chi connectivity index (χ1) is 13.9. The lowest BCUT2D eigenvalue weighted by molar-refractivity contribution is -0.139. The van der Waals surface area contributed by atoms with Crippen LogP contribution in [0.3, 0.4) is 0 Å². The fourth-order valence-corrected chi connectivity index (χ4v) is 6.65. The Labute approximate surface area is 181 Å². The van der Waals surface area contributed by atoms with Gasteiger partial charge in [0.25, 0.3) is 0 Å². The van der Waals surface area contributed by atoms with Gasteiger partial charge in [-0.2, -0.15) is 0 Å².